The molecule has 0 saturated heterocycles. The van der Waals surface area contributed by atoms with Crippen LogP contribution in [0.4, 0.5) is 0 Å². The van der Waals surface area contributed by atoms with Crippen LogP contribution < -0.4 is 21.7 Å². The Morgan fingerprint density at radius 2 is 1.17 bits per heavy atom. The van der Waals surface area contributed by atoms with Crippen LogP contribution >= 0.6 is 0 Å². The third-order valence-electron chi connectivity index (χ3n) is 5.14. The first kappa shape index (κ1) is 26.8. The van der Waals surface area contributed by atoms with E-state index in [2.05, 4.69) is 16.0 Å². The third-order valence-corrected chi connectivity index (χ3v) is 5.14. The zero-order valence-electron chi connectivity index (χ0n) is 18.1. The van der Waals surface area contributed by atoms with Crippen LogP contribution in [0.3, 0.4) is 0 Å². The Bertz CT molecular complexity index is 583. The molecular formula is C19H36N4O6. The number of hydrogen-bond donors (Lipinski definition) is 6. The third kappa shape index (κ3) is 8.36. The summed E-state index contributed by atoms with van der Waals surface area (Å²) in [6.45, 7) is 9.91. The zero-order valence-corrected chi connectivity index (χ0v) is 18.1. The molecule has 7 atom stereocenters. The number of aliphatic hydroxyl groups excluding tert-OH is 1. The Hall–Kier alpha value is -2.20. The first-order valence-corrected chi connectivity index (χ1v) is 9.94. The van der Waals surface area contributed by atoms with Crippen molar-refractivity contribution in [2.45, 2.75) is 84.7 Å². The highest BCUT2D eigenvalue weighted by Crippen LogP contribution is 2.13. The number of rotatable bonds is 12. The summed E-state index contributed by atoms with van der Waals surface area (Å²) in [6.07, 6.45) is 0.0396. The van der Waals surface area contributed by atoms with Crippen molar-refractivity contribution in [1.82, 2.24) is 16.0 Å². The van der Waals surface area contributed by atoms with Gasteiger partial charge in [-0.15, -0.1) is 0 Å². The molecule has 0 aliphatic carbocycles. The molecule has 0 aliphatic heterocycles. The molecule has 3 amide bonds. The van der Waals surface area contributed by atoms with Crippen LogP contribution in [-0.4, -0.2) is 64.2 Å². The van der Waals surface area contributed by atoms with Gasteiger partial charge in [0.25, 0.3) is 0 Å². The number of amides is 3. The van der Waals surface area contributed by atoms with Gasteiger partial charge < -0.3 is 31.9 Å². The Morgan fingerprint density at radius 3 is 1.52 bits per heavy atom. The van der Waals surface area contributed by atoms with Crippen molar-refractivity contribution in [3.05, 3.63) is 0 Å². The summed E-state index contributed by atoms with van der Waals surface area (Å²) in [6, 6.07) is -4.24. The van der Waals surface area contributed by atoms with Gasteiger partial charge in [0, 0.05) is 0 Å². The Labute approximate surface area is 172 Å². The van der Waals surface area contributed by atoms with E-state index in [-0.39, 0.29) is 11.8 Å². The Morgan fingerprint density at radius 1 is 0.793 bits per heavy atom. The van der Waals surface area contributed by atoms with E-state index >= 15 is 0 Å². The molecule has 0 bridgehead atoms. The highest BCUT2D eigenvalue weighted by atomic mass is 16.4. The minimum atomic E-state index is -1.19. The first-order chi connectivity index (χ1) is 13.4. The standard InChI is InChI=1S/C19H36N4O6/c1-7-9(3)14(17(26)21-11(5)19(28)29)23-18(27)15(10(4)8-2)22-16(25)13(20)12(6)24/h9-15,24H,7-8,20H2,1-6H3,(H,21,26)(H,22,25)(H,23,27)(H,28,29). The Kier molecular flexibility index (Phi) is 11.4. The maximum atomic E-state index is 12.9. The van der Waals surface area contributed by atoms with E-state index in [1.165, 1.54) is 13.8 Å². The molecule has 29 heavy (non-hydrogen) atoms. The summed E-state index contributed by atoms with van der Waals surface area (Å²) in [4.78, 5) is 48.7. The van der Waals surface area contributed by atoms with E-state index in [4.69, 9.17) is 10.8 Å². The van der Waals surface area contributed by atoms with E-state index in [1.807, 2.05) is 13.8 Å². The lowest BCUT2D eigenvalue weighted by Crippen LogP contribution is -2.60. The second-order valence-corrected chi connectivity index (χ2v) is 7.58. The number of hydrogen-bond acceptors (Lipinski definition) is 6. The van der Waals surface area contributed by atoms with Crippen LogP contribution in [-0.2, 0) is 19.2 Å². The SMILES string of the molecule is CCC(C)C(NC(=O)C(N)C(C)O)C(=O)NC(C(=O)NC(C)C(=O)O)C(C)CC. The van der Waals surface area contributed by atoms with Gasteiger partial charge in [0.1, 0.15) is 24.2 Å². The van der Waals surface area contributed by atoms with Crippen LogP contribution in [0.1, 0.15) is 54.4 Å². The van der Waals surface area contributed by atoms with E-state index < -0.39 is 54.0 Å². The molecule has 0 rings (SSSR count). The van der Waals surface area contributed by atoms with Gasteiger partial charge in [-0.05, 0) is 25.7 Å². The number of aliphatic carboxylic acids is 1. The van der Waals surface area contributed by atoms with Gasteiger partial charge in [-0.3, -0.25) is 19.2 Å². The number of nitrogens with one attached hydrogen (secondary N) is 3. The summed E-state index contributed by atoms with van der Waals surface area (Å²) in [5, 5.41) is 26.0. The van der Waals surface area contributed by atoms with Crippen molar-refractivity contribution >= 4 is 23.7 Å². The lowest BCUT2D eigenvalue weighted by molar-refractivity contribution is -0.142. The molecule has 0 heterocycles. The molecule has 7 unspecified atom stereocenters. The molecule has 0 aromatic rings. The van der Waals surface area contributed by atoms with Crippen molar-refractivity contribution in [2.24, 2.45) is 17.6 Å². The predicted octanol–water partition coefficient (Wildman–Crippen LogP) is -0.654. The summed E-state index contributed by atoms with van der Waals surface area (Å²) in [5.41, 5.74) is 5.64. The zero-order chi connectivity index (χ0) is 22.9. The van der Waals surface area contributed by atoms with Gasteiger partial charge in [-0.1, -0.05) is 40.5 Å². The molecule has 0 spiro atoms. The van der Waals surface area contributed by atoms with Gasteiger partial charge in [0.15, 0.2) is 0 Å². The molecule has 0 aromatic carbocycles. The van der Waals surface area contributed by atoms with Gasteiger partial charge in [-0.2, -0.15) is 0 Å². The number of aliphatic hydroxyl groups is 1. The fourth-order valence-corrected chi connectivity index (χ4v) is 2.48. The predicted molar refractivity (Wildman–Crippen MR) is 108 cm³/mol. The van der Waals surface area contributed by atoms with Gasteiger partial charge in [0.2, 0.25) is 17.7 Å². The second-order valence-electron chi connectivity index (χ2n) is 7.58. The smallest absolute Gasteiger partial charge is 0.325 e. The summed E-state index contributed by atoms with van der Waals surface area (Å²) < 4.78 is 0. The monoisotopic (exact) mass is 416 g/mol. The molecule has 10 nitrogen and oxygen atoms in total. The fraction of sp³-hybridized carbons (Fsp3) is 0.789. The topological polar surface area (TPSA) is 171 Å². The fourth-order valence-electron chi connectivity index (χ4n) is 2.48. The molecule has 0 fully saturated rings. The van der Waals surface area contributed by atoms with Gasteiger partial charge in [0.05, 0.1) is 6.10 Å². The maximum Gasteiger partial charge on any atom is 0.325 e. The summed E-state index contributed by atoms with van der Waals surface area (Å²) >= 11 is 0. The van der Waals surface area contributed by atoms with E-state index in [0.717, 1.165) is 0 Å². The Balaban J connectivity index is 5.48. The number of carboxylic acids is 1. The van der Waals surface area contributed by atoms with Crippen molar-refractivity contribution in [3.8, 4) is 0 Å². The first-order valence-electron chi connectivity index (χ1n) is 9.94. The molecule has 0 radical (unpaired) electrons. The minimum Gasteiger partial charge on any atom is -0.480 e. The van der Waals surface area contributed by atoms with E-state index in [9.17, 15) is 24.3 Å². The highest BCUT2D eigenvalue weighted by molar-refractivity contribution is 5.94. The molecule has 0 aromatic heterocycles. The average Bonchev–Trinajstić information content (AvgIpc) is 2.67. The summed E-state index contributed by atoms with van der Waals surface area (Å²) in [7, 11) is 0. The van der Waals surface area contributed by atoms with Crippen LogP contribution in [0.2, 0.25) is 0 Å². The normalized spacial score (nSPS) is 18.3. The lowest BCUT2D eigenvalue weighted by atomic mass is 9.94. The maximum absolute atomic E-state index is 12.9. The van der Waals surface area contributed by atoms with E-state index in [1.54, 1.807) is 13.8 Å². The average molecular weight is 417 g/mol. The van der Waals surface area contributed by atoms with Crippen LogP contribution in [0.5, 0.6) is 0 Å². The quantitative estimate of drug-likeness (QED) is 0.245. The highest BCUT2D eigenvalue weighted by Gasteiger charge is 2.34. The van der Waals surface area contributed by atoms with Crippen molar-refractivity contribution in [2.75, 3.05) is 0 Å². The van der Waals surface area contributed by atoms with Crippen LogP contribution in [0.25, 0.3) is 0 Å². The van der Waals surface area contributed by atoms with Gasteiger partial charge >= 0.3 is 5.97 Å². The second kappa shape index (κ2) is 12.4. The number of nitrogens with two attached hydrogens (primary N) is 1. The van der Waals surface area contributed by atoms with Crippen molar-refractivity contribution < 1.29 is 29.4 Å². The molecule has 7 N–H and O–H groups in total. The van der Waals surface area contributed by atoms with Gasteiger partial charge in [-0.25, -0.2) is 0 Å². The molecule has 0 saturated carbocycles. The molecule has 0 aliphatic rings. The van der Waals surface area contributed by atoms with Crippen LogP contribution in [0.15, 0.2) is 0 Å². The van der Waals surface area contributed by atoms with Crippen LogP contribution in [0, 0.1) is 11.8 Å². The minimum absolute atomic E-state index is 0.265. The lowest BCUT2D eigenvalue weighted by Gasteiger charge is -2.30. The molecular weight excluding hydrogens is 380 g/mol. The van der Waals surface area contributed by atoms with Crippen molar-refractivity contribution in [3.63, 3.8) is 0 Å². The number of carboxylic acid groups (broad SMARTS) is 1. The number of carbonyl (C=O) groups is 4. The summed E-state index contributed by atoms with van der Waals surface area (Å²) in [5.74, 6) is -3.59. The number of carbonyl (C=O) groups excluding carboxylic acids is 3. The van der Waals surface area contributed by atoms with E-state index in [0.29, 0.717) is 12.8 Å². The van der Waals surface area contributed by atoms with Crippen molar-refractivity contribution in [1.29, 1.82) is 0 Å². The largest absolute Gasteiger partial charge is 0.480 e. The molecule has 168 valence electrons. The molecule has 10 heteroatoms.